The summed E-state index contributed by atoms with van der Waals surface area (Å²) in [6.45, 7) is 4.64. The van der Waals surface area contributed by atoms with Gasteiger partial charge in [0.25, 0.3) is 0 Å². The molecule has 0 spiro atoms. The van der Waals surface area contributed by atoms with Crippen molar-refractivity contribution in [2.24, 2.45) is 5.92 Å². The minimum absolute atomic E-state index is 0.0232. The van der Waals surface area contributed by atoms with Crippen LogP contribution >= 0.6 is 0 Å². The van der Waals surface area contributed by atoms with Crippen LogP contribution in [0.2, 0.25) is 0 Å². The highest BCUT2D eigenvalue weighted by Gasteiger charge is 2.35. The zero-order valence-electron chi connectivity index (χ0n) is 11.6. The van der Waals surface area contributed by atoms with E-state index in [1.165, 1.54) is 43.5 Å². The number of benzene rings is 1. The first-order chi connectivity index (χ1) is 9.19. The SMILES string of the molecule is CCCN1CCCC2Cc3cc(O)c(O)cc3CC21. The van der Waals surface area contributed by atoms with Gasteiger partial charge in [-0.1, -0.05) is 6.92 Å². The number of phenols is 2. The Balaban J connectivity index is 1.88. The van der Waals surface area contributed by atoms with Crippen molar-refractivity contribution < 1.29 is 10.2 Å². The fourth-order valence-electron chi connectivity index (χ4n) is 3.86. The molecule has 0 saturated carbocycles. The van der Waals surface area contributed by atoms with Crippen molar-refractivity contribution in [3.05, 3.63) is 23.3 Å². The Labute approximate surface area is 114 Å². The minimum atomic E-state index is 0.0232. The van der Waals surface area contributed by atoms with Crippen molar-refractivity contribution in [3.63, 3.8) is 0 Å². The minimum Gasteiger partial charge on any atom is -0.504 e. The third-order valence-corrected chi connectivity index (χ3v) is 4.75. The van der Waals surface area contributed by atoms with E-state index in [1.54, 1.807) is 12.1 Å². The molecule has 2 atom stereocenters. The first-order valence-corrected chi connectivity index (χ1v) is 7.46. The Morgan fingerprint density at radius 2 is 1.84 bits per heavy atom. The van der Waals surface area contributed by atoms with Crippen molar-refractivity contribution in [1.82, 2.24) is 4.90 Å². The van der Waals surface area contributed by atoms with Gasteiger partial charge in [0, 0.05) is 6.04 Å². The standard InChI is InChI=1S/C16H23NO2/c1-2-5-17-6-3-4-11-7-12-9-15(18)16(19)10-13(12)8-14(11)17/h9-11,14,18-19H,2-8H2,1H3. The van der Waals surface area contributed by atoms with E-state index in [-0.39, 0.29) is 11.5 Å². The Kier molecular flexibility index (Phi) is 3.40. The van der Waals surface area contributed by atoms with Crippen molar-refractivity contribution in [3.8, 4) is 11.5 Å². The van der Waals surface area contributed by atoms with Gasteiger partial charge in [-0.25, -0.2) is 0 Å². The lowest BCUT2D eigenvalue weighted by Crippen LogP contribution is -2.49. The number of hydrogen-bond acceptors (Lipinski definition) is 3. The predicted molar refractivity (Wildman–Crippen MR) is 75.6 cm³/mol. The monoisotopic (exact) mass is 261 g/mol. The maximum Gasteiger partial charge on any atom is 0.157 e. The zero-order valence-corrected chi connectivity index (χ0v) is 11.6. The van der Waals surface area contributed by atoms with Crippen LogP contribution in [0, 0.1) is 5.92 Å². The number of aromatic hydroxyl groups is 2. The molecule has 1 aromatic carbocycles. The van der Waals surface area contributed by atoms with Gasteiger partial charge in [-0.2, -0.15) is 0 Å². The van der Waals surface area contributed by atoms with Crippen LogP contribution in [0.3, 0.4) is 0 Å². The van der Waals surface area contributed by atoms with E-state index in [0.29, 0.717) is 6.04 Å². The van der Waals surface area contributed by atoms with E-state index in [1.807, 2.05) is 0 Å². The van der Waals surface area contributed by atoms with Gasteiger partial charge in [-0.15, -0.1) is 0 Å². The van der Waals surface area contributed by atoms with E-state index in [4.69, 9.17) is 0 Å². The van der Waals surface area contributed by atoms with Gasteiger partial charge in [-0.3, -0.25) is 4.90 Å². The van der Waals surface area contributed by atoms with Gasteiger partial charge in [0.2, 0.25) is 0 Å². The van der Waals surface area contributed by atoms with E-state index in [0.717, 1.165) is 18.8 Å². The second-order valence-electron chi connectivity index (χ2n) is 6.02. The molecule has 104 valence electrons. The molecule has 3 nitrogen and oxygen atoms in total. The molecule has 0 aromatic heterocycles. The number of phenolic OH excluding ortho intramolecular Hbond substituents is 2. The molecule has 1 aliphatic heterocycles. The molecule has 2 unspecified atom stereocenters. The molecular weight excluding hydrogens is 238 g/mol. The summed E-state index contributed by atoms with van der Waals surface area (Å²) in [4.78, 5) is 2.63. The number of fused-ring (bicyclic) bond motifs is 2. The molecule has 0 amide bonds. The molecule has 0 radical (unpaired) electrons. The van der Waals surface area contributed by atoms with Crippen LogP contribution in [0.15, 0.2) is 12.1 Å². The maximum absolute atomic E-state index is 9.68. The molecule has 1 aliphatic carbocycles. The summed E-state index contributed by atoms with van der Waals surface area (Å²) in [5, 5.41) is 19.3. The molecule has 19 heavy (non-hydrogen) atoms. The Morgan fingerprint density at radius 1 is 1.16 bits per heavy atom. The van der Waals surface area contributed by atoms with Crippen LogP contribution in [-0.4, -0.2) is 34.2 Å². The molecule has 0 bridgehead atoms. The molecule has 2 aliphatic rings. The van der Waals surface area contributed by atoms with Gasteiger partial charge < -0.3 is 10.2 Å². The van der Waals surface area contributed by atoms with Gasteiger partial charge in [-0.05, 0) is 74.4 Å². The number of rotatable bonds is 2. The summed E-state index contributed by atoms with van der Waals surface area (Å²) in [6, 6.07) is 4.16. The molecule has 1 fully saturated rings. The summed E-state index contributed by atoms with van der Waals surface area (Å²) < 4.78 is 0. The van der Waals surface area contributed by atoms with Crippen molar-refractivity contribution in [2.75, 3.05) is 13.1 Å². The number of piperidine rings is 1. The third-order valence-electron chi connectivity index (χ3n) is 4.75. The Hall–Kier alpha value is -1.22. The summed E-state index contributed by atoms with van der Waals surface area (Å²) in [6.07, 6.45) is 5.87. The van der Waals surface area contributed by atoms with Crippen LogP contribution in [0.5, 0.6) is 11.5 Å². The van der Waals surface area contributed by atoms with Crippen molar-refractivity contribution in [2.45, 2.75) is 45.1 Å². The van der Waals surface area contributed by atoms with Crippen LogP contribution in [-0.2, 0) is 12.8 Å². The smallest absolute Gasteiger partial charge is 0.157 e. The van der Waals surface area contributed by atoms with E-state index >= 15 is 0 Å². The fourth-order valence-corrected chi connectivity index (χ4v) is 3.86. The van der Waals surface area contributed by atoms with Gasteiger partial charge in [0.05, 0.1) is 0 Å². The third kappa shape index (κ3) is 2.32. The fraction of sp³-hybridized carbons (Fsp3) is 0.625. The van der Waals surface area contributed by atoms with Gasteiger partial charge >= 0.3 is 0 Å². The first kappa shape index (κ1) is 12.8. The maximum atomic E-state index is 9.68. The lowest BCUT2D eigenvalue weighted by atomic mass is 9.75. The largest absolute Gasteiger partial charge is 0.504 e. The van der Waals surface area contributed by atoms with E-state index in [9.17, 15) is 10.2 Å². The molecule has 3 rings (SSSR count). The predicted octanol–water partition coefficient (Wildman–Crippen LogP) is 2.69. The molecule has 1 heterocycles. The topological polar surface area (TPSA) is 43.7 Å². The highest BCUT2D eigenvalue weighted by Crippen LogP contribution is 2.39. The number of likely N-dealkylation sites (tertiary alicyclic amines) is 1. The highest BCUT2D eigenvalue weighted by atomic mass is 16.3. The molecular formula is C16H23NO2. The lowest BCUT2D eigenvalue weighted by molar-refractivity contribution is 0.0854. The van der Waals surface area contributed by atoms with E-state index in [2.05, 4.69) is 11.8 Å². The quantitative estimate of drug-likeness (QED) is 0.804. The second kappa shape index (κ2) is 5.04. The molecule has 1 saturated heterocycles. The van der Waals surface area contributed by atoms with Crippen LogP contribution in [0.25, 0.3) is 0 Å². The highest BCUT2D eigenvalue weighted by molar-refractivity contribution is 5.47. The average Bonchev–Trinajstić information content (AvgIpc) is 2.39. The summed E-state index contributed by atoms with van der Waals surface area (Å²) in [7, 11) is 0. The van der Waals surface area contributed by atoms with E-state index < -0.39 is 0 Å². The zero-order chi connectivity index (χ0) is 13.4. The van der Waals surface area contributed by atoms with Crippen molar-refractivity contribution >= 4 is 0 Å². The average molecular weight is 261 g/mol. The van der Waals surface area contributed by atoms with Gasteiger partial charge in [0.15, 0.2) is 11.5 Å². The first-order valence-electron chi connectivity index (χ1n) is 7.46. The summed E-state index contributed by atoms with van der Waals surface area (Å²) in [5.41, 5.74) is 2.45. The van der Waals surface area contributed by atoms with Crippen molar-refractivity contribution in [1.29, 1.82) is 0 Å². The Bertz CT molecular complexity index is 470. The second-order valence-corrected chi connectivity index (χ2v) is 6.02. The Morgan fingerprint density at radius 3 is 2.53 bits per heavy atom. The molecule has 1 aromatic rings. The number of nitrogens with zero attached hydrogens (tertiary/aromatic N) is 1. The van der Waals surface area contributed by atoms with Crippen LogP contribution in [0.1, 0.15) is 37.3 Å². The lowest BCUT2D eigenvalue weighted by Gasteiger charge is -2.44. The van der Waals surface area contributed by atoms with Crippen LogP contribution < -0.4 is 0 Å². The normalized spacial score (nSPS) is 26.8. The van der Waals surface area contributed by atoms with Crippen LogP contribution in [0.4, 0.5) is 0 Å². The van der Waals surface area contributed by atoms with Gasteiger partial charge in [0.1, 0.15) is 0 Å². The molecule has 3 heteroatoms. The molecule has 2 N–H and O–H groups in total. The summed E-state index contributed by atoms with van der Waals surface area (Å²) >= 11 is 0. The number of hydrogen-bond donors (Lipinski definition) is 2. The summed E-state index contributed by atoms with van der Waals surface area (Å²) in [5.74, 6) is 0.769.